The van der Waals surface area contributed by atoms with Crippen LogP contribution in [0.3, 0.4) is 0 Å². The maximum absolute atomic E-state index is 9.57. The van der Waals surface area contributed by atoms with Gasteiger partial charge in [-0.1, -0.05) is 12.1 Å². The van der Waals surface area contributed by atoms with Crippen molar-refractivity contribution in [2.75, 3.05) is 20.1 Å². The molecule has 128 valence electrons. The molecule has 2 aliphatic heterocycles. The van der Waals surface area contributed by atoms with Crippen molar-refractivity contribution in [1.29, 1.82) is 5.26 Å². The van der Waals surface area contributed by atoms with Gasteiger partial charge in [-0.3, -0.25) is 0 Å². The van der Waals surface area contributed by atoms with Gasteiger partial charge in [-0.05, 0) is 77.1 Å². The van der Waals surface area contributed by atoms with Crippen molar-refractivity contribution >= 4 is 12.6 Å². The number of rotatable bonds is 3. The highest BCUT2D eigenvalue weighted by atomic mass is 16.7. The summed E-state index contributed by atoms with van der Waals surface area (Å²) in [6.07, 6.45) is 2.18. The number of benzene rings is 1. The van der Waals surface area contributed by atoms with E-state index in [2.05, 4.69) is 30.1 Å². The third-order valence-corrected chi connectivity index (χ3v) is 5.78. The smallest absolute Gasteiger partial charge is 0.399 e. The van der Waals surface area contributed by atoms with E-state index < -0.39 is 7.12 Å². The van der Waals surface area contributed by atoms with E-state index in [1.807, 2.05) is 33.8 Å². The van der Waals surface area contributed by atoms with Gasteiger partial charge in [0.1, 0.15) is 0 Å². The van der Waals surface area contributed by atoms with Crippen LogP contribution < -0.4 is 5.46 Å². The van der Waals surface area contributed by atoms with Crippen LogP contribution in [0.2, 0.25) is 0 Å². The molecule has 0 saturated carbocycles. The van der Waals surface area contributed by atoms with E-state index in [0.29, 0.717) is 5.92 Å². The second kappa shape index (κ2) is 6.18. The molecule has 0 bridgehead atoms. The minimum atomic E-state index is -0.409. The second-order valence-corrected chi connectivity index (χ2v) is 8.24. The minimum Gasteiger partial charge on any atom is -0.399 e. The average Bonchev–Trinajstić information content (AvgIpc) is 3.00. The third-order valence-electron chi connectivity index (χ3n) is 5.78. The van der Waals surface area contributed by atoms with E-state index in [1.54, 1.807) is 0 Å². The molecule has 0 spiro atoms. The van der Waals surface area contributed by atoms with Crippen molar-refractivity contribution < 1.29 is 9.31 Å². The predicted molar refractivity (Wildman–Crippen MR) is 96.2 cm³/mol. The van der Waals surface area contributed by atoms with Crippen LogP contribution in [0.4, 0.5) is 0 Å². The van der Waals surface area contributed by atoms with Crippen molar-refractivity contribution in [1.82, 2.24) is 4.90 Å². The van der Waals surface area contributed by atoms with Crippen LogP contribution in [0.1, 0.15) is 45.2 Å². The molecule has 0 N–H and O–H groups in total. The first-order valence-electron chi connectivity index (χ1n) is 8.79. The Morgan fingerprint density at radius 1 is 1.25 bits per heavy atom. The van der Waals surface area contributed by atoms with Gasteiger partial charge >= 0.3 is 7.12 Å². The summed E-state index contributed by atoms with van der Waals surface area (Å²) in [5.41, 5.74) is 2.09. The summed E-state index contributed by atoms with van der Waals surface area (Å²) in [5.74, 6) is 0.643. The van der Waals surface area contributed by atoms with Gasteiger partial charge < -0.3 is 14.2 Å². The Balaban J connectivity index is 1.79. The first-order chi connectivity index (χ1) is 11.2. The zero-order chi connectivity index (χ0) is 17.5. The van der Waals surface area contributed by atoms with Gasteiger partial charge in [0, 0.05) is 6.54 Å². The van der Waals surface area contributed by atoms with E-state index in [0.717, 1.165) is 36.1 Å². The van der Waals surface area contributed by atoms with Crippen LogP contribution >= 0.6 is 0 Å². The first-order valence-corrected chi connectivity index (χ1v) is 8.79. The van der Waals surface area contributed by atoms with Crippen LogP contribution in [0.5, 0.6) is 0 Å². The van der Waals surface area contributed by atoms with E-state index in [-0.39, 0.29) is 11.2 Å². The Bertz CT molecular complexity index is 650. The van der Waals surface area contributed by atoms with Crippen LogP contribution in [-0.4, -0.2) is 43.4 Å². The Hall–Kier alpha value is -1.35. The van der Waals surface area contributed by atoms with Crippen LogP contribution in [-0.2, 0) is 15.7 Å². The minimum absolute atomic E-state index is 0.364. The molecule has 2 aliphatic rings. The fourth-order valence-electron chi connectivity index (χ4n) is 3.51. The molecule has 2 saturated heterocycles. The van der Waals surface area contributed by atoms with Gasteiger partial charge in [0.05, 0.1) is 22.8 Å². The standard InChI is InChI=1S/C19H27BN2O2/c1-18(2)19(3,4)24-20(23-18)17-7-6-15(16(11-17)12-21)10-14-8-9-22(5)13-14/h6-7,11,14H,8-10,13H2,1-5H3. The molecule has 24 heavy (non-hydrogen) atoms. The van der Waals surface area contributed by atoms with Gasteiger partial charge in [-0.25, -0.2) is 0 Å². The van der Waals surface area contributed by atoms with Gasteiger partial charge in [-0.15, -0.1) is 0 Å². The number of hydrogen-bond acceptors (Lipinski definition) is 4. The van der Waals surface area contributed by atoms with E-state index in [9.17, 15) is 5.26 Å². The van der Waals surface area contributed by atoms with Crippen LogP contribution in [0.25, 0.3) is 0 Å². The highest BCUT2D eigenvalue weighted by molar-refractivity contribution is 6.62. The topological polar surface area (TPSA) is 45.5 Å². The lowest BCUT2D eigenvalue weighted by atomic mass is 9.77. The molecular formula is C19H27BN2O2. The Morgan fingerprint density at radius 3 is 2.46 bits per heavy atom. The zero-order valence-corrected chi connectivity index (χ0v) is 15.4. The van der Waals surface area contributed by atoms with E-state index in [4.69, 9.17) is 9.31 Å². The molecule has 4 nitrogen and oxygen atoms in total. The summed E-state index contributed by atoms with van der Waals surface area (Å²) in [4.78, 5) is 2.36. The summed E-state index contributed by atoms with van der Waals surface area (Å²) < 4.78 is 12.2. The highest BCUT2D eigenvalue weighted by Gasteiger charge is 2.51. The molecule has 2 fully saturated rings. The second-order valence-electron chi connectivity index (χ2n) is 8.24. The molecule has 2 heterocycles. The Morgan fingerprint density at radius 2 is 1.92 bits per heavy atom. The van der Waals surface area contributed by atoms with Crippen LogP contribution in [0, 0.1) is 17.2 Å². The van der Waals surface area contributed by atoms with Crippen molar-refractivity contribution in [3.63, 3.8) is 0 Å². The molecule has 0 amide bonds. The molecule has 1 aromatic carbocycles. The first kappa shape index (κ1) is 17.5. The van der Waals surface area contributed by atoms with Crippen LogP contribution in [0.15, 0.2) is 18.2 Å². The molecule has 3 rings (SSSR count). The Kier molecular flexibility index (Phi) is 4.50. The SMILES string of the molecule is CN1CCC(Cc2ccc(B3OC(C)(C)C(C)(C)O3)cc2C#N)C1. The summed E-state index contributed by atoms with van der Waals surface area (Å²) in [7, 11) is 1.75. The lowest BCUT2D eigenvalue weighted by molar-refractivity contribution is 0.00578. The fourth-order valence-corrected chi connectivity index (χ4v) is 3.51. The van der Waals surface area contributed by atoms with Crippen molar-refractivity contribution in [3.05, 3.63) is 29.3 Å². The van der Waals surface area contributed by atoms with Gasteiger partial charge in [-0.2, -0.15) is 5.26 Å². The van der Waals surface area contributed by atoms with Crippen molar-refractivity contribution in [3.8, 4) is 6.07 Å². The summed E-state index contributed by atoms with van der Waals surface area (Å²) in [6, 6.07) is 8.44. The molecular weight excluding hydrogens is 299 g/mol. The zero-order valence-electron chi connectivity index (χ0n) is 15.4. The molecule has 0 aliphatic carbocycles. The predicted octanol–water partition coefficient (Wildman–Crippen LogP) is 2.35. The molecule has 0 radical (unpaired) electrons. The van der Waals surface area contributed by atoms with Crippen molar-refractivity contribution in [2.45, 2.75) is 51.7 Å². The normalized spacial score (nSPS) is 25.8. The quantitative estimate of drug-likeness (QED) is 0.800. The fraction of sp³-hybridized carbons (Fsp3) is 0.632. The number of nitrogens with zero attached hydrogens (tertiary/aromatic N) is 2. The molecule has 1 aromatic rings. The monoisotopic (exact) mass is 326 g/mol. The number of nitriles is 1. The van der Waals surface area contributed by atoms with Gasteiger partial charge in [0.25, 0.3) is 0 Å². The maximum Gasteiger partial charge on any atom is 0.494 e. The summed E-state index contributed by atoms with van der Waals surface area (Å²) >= 11 is 0. The number of likely N-dealkylation sites (tertiary alicyclic amines) is 1. The molecule has 1 atom stereocenters. The lowest BCUT2D eigenvalue weighted by Crippen LogP contribution is -2.41. The van der Waals surface area contributed by atoms with E-state index >= 15 is 0 Å². The summed E-state index contributed by atoms with van der Waals surface area (Å²) in [6.45, 7) is 10.4. The molecule has 5 heteroatoms. The third kappa shape index (κ3) is 3.24. The van der Waals surface area contributed by atoms with Gasteiger partial charge in [0.2, 0.25) is 0 Å². The largest absolute Gasteiger partial charge is 0.494 e. The molecule has 1 unspecified atom stereocenters. The highest BCUT2D eigenvalue weighted by Crippen LogP contribution is 2.36. The molecule has 0 aromatic heterocycles. The lowest BCUT2D eigenvalue weighted by Gasteiger charge is -2.32. The number of hydrogen-bond donors (Lipinski definition) is 0. The van der Waals surface area contributed by atoms with Crippen molar-refractivity contribution in [2.24, 2.45) is 5.92 Å². The average molecular weight is 326 g/mol. The Labute approximate surface area is 145 Å². The van der Waals surface area contributed by atoms with E-state index in [1.165, 1.54) is 6.42 Å². The van der Waals surface area contributed by atoms with Gasteiger partial charge in [0.15, 0.2) is 0 Å². The summed E-state index contributed by atoms with van der Waals surface area (Å²) in [5, 5.41) is 9.57. The maximum atomic E-state index is 9.57.